The summed E-state index contributed by atoms with van der Waals surface area (Å²) in [6, 6.07) is 14.9. The number of carbonyl (C=O) groups is 1. The normalized spacial score (nSPS) is 16.3. The van der Waals surface area contributed by atoms with E-state index in [0.717, 1.165) is 37.4 Å². The molecule has 0 aromatic heterocycles. The number of anilines is 1. The number of phenolic OH excluding ortho intramolecular Hbond substituents is 1. The number of hydrogen-bond acceptors (Lipinski definition) is 3. The molecule has 1 aliphatic heterocycles. The van der Waals surface area contributed by atoms with E-state index in [1.165, 1.54) is 4.90 Å². The molecular formula is C20H25ClN3O2+. The standard InChI is InChI=1S/C20H24ClN3O2/c1-15(16-5-4-6-17(21)13-16)22-20(26)14-23-9-11-24(12-10-23)18-7-2-3-8-19(18)25/h2-8,13,15,25H,9-12,14H2,1H3,(H,22,26)/p+1/t15-/m0/s1. The van der Waals surface area contributed by atoms with Crippen LogP contribution in [-0.2, 0) is 4.79 Å². The fourth-order valence-corrected chi connectivity index (χ4v) is 3.55. The van der Waals surface area contributed by atoms with E-state index in [9.17, 15) is 9.90 Å². The molecule has 0 bridgehead atoms. The van der Waals surface area contributed by atoms with Gasteiger partial charge in [0, 0.05) is 5.02 Å². The predicted octanol–water partition coefficient (Wildman–Crippen LogP) is 1.63. The first kappa shape index (κ1) is 18.5. The number of para-hydroxylation sites is 2. The number of quaternary nitrogens is 1. The highest BCUT2D eigenvalue weighted by atomic mass is 35.5. The van der Waals surface area contributed by atoms with Gasteiger partial charge < -0.3 is 20.2 Å². The largest absolute Gasteiger partial charge is 0.506 e. The molecule has 5 nitrogen and oxygen atoms in total. The van der Waals surface area contributed by atoms with Gasteiger partial charge in [-0.15, -0.1) is 0 Å². The third-order valence-corrected chi connectivity index (χ3v) is 5.06. The van der Waals surface area contributed by atoms with Crippen molar-refractivity contribution in [2.24, 2.45) is 0 Å². The maximum Gasteiger partial charge on any atom is 0.275 e. The van der Waals surface area contributed by atoms with Gasteiger partial charge in [0.25, 0.3) is 5.91 Å². The number of halogens is 1. The molecule has 1 amide bonds. The summed E-state index contributed by atoms with van der Waals surface area (Å²) < 4.78 is 0. The summed E-state index contributed by atoms with van der Waals surface area (Å²) in [4.78, 5) is 15.8. The number of amides is 1. The Morgan fingerprint density at radius 3 is 2.65 bits per heavy atom. The topological polar surface area (TPSA) is 57.0 Å². The Hall–Kier alpha value is -2.24. The molecule has 3 rings (SSSR count). The Kier molecular flexibility index (Phi) is 6.01. The van der Waals surface area contributed by atoms with Crippen LogP contribution < -0.4 is 15.1 Å². The number of nitrogens with one attached hydrogen (secondary N) is 2. The van der Waals surface area contributed by atoms with E-state index in [1.807, 2.05) is 49.4 Å². The average molecular weight is 375 g/mol. The molecule has 1 aliphatic rings. The summed E-state index contributed by atoms with van der Waals surface area (Å²) in [5.41, 5.74) is 1.87. The lowest BCUT2D eigenvalue weighted by Gasteiger charge is -2.33. The highest BCUT2D eigenvalue weighted by Gasteiger charge is 2.24. The smallest absolute Gasteiger partial charge is 0.275 e. The zero-order valence-electron chi connectivity index (χ0n) is 14.9. The van der Waals surface area contributed by atoms with Crippen molar-refractivity contribution in [1.29, 1.82) is 0 Å². The number of carbonyl (C=O) groups excluding carboxylic acids is 1. The third kappa shape index (κ3) is 4.68. The Balaban J connectivity index is 1.48. The number of nitrogens with zero attached hydrogens (tertiary/aromatic N) is 1. The maximum absolute atomic E-state index is 12.4. The van der Waals surface area contributed by atoms with Crippen molar-refractivity contribution in [3.8, 4) is 5.75 Å². The van der Waals surface area contributed by atoms with Crippen LogP contribution in [0.5, 0.6) is 5.75 Å². The van der Waals surface area contributed by atoms with Gasteiger partial charge in [0.05, 0.1) is 37.9 Å². The molecule has 0 unspecified atom stereocenters. The van der Waals surface area contributed by atoms with E-state index in [-0.39, 0.29) is 11.9 Å². The number of aromatic hydroxyl groups is 1. The van der Waals surface area contributed by atoms with Gasteiger partial charge in [-0.25, -0.2) is 0 Å². The Bertz CT molecular complexity index is 760. The summed E-state index contributed by atoms with van der Waals surface area (Å²) in [6.45, 7) is 5.81. The van der Waals surface area contributed by atoms with Crippen molar-refractivity contribution in [2.75, 3.05) is 37.6 Å². The quantitative estimate of drug-likeness (QED) is 0.745. The highest BCUT2D eigenvalue weighted by molar-refractivity contribution is 6.30. The van der Waals surface area contributed by atoms with Gasteiger partial charge in [-0.1, -0.05) is 35.9 Å². The van der Waals surface area contributed by atoms with Crippen LogP contribution in [0.15, 0.2) is 48.5 Å². The van der Waals surface area contributed by atoms with Gasteiger partial charge in [-0.3, -0.25) is 4.79 Å². The van der Waals surface area contributed by atoms with Gasteiger partial charge >= 0.3 is 0 Å². The Labute approximate surface area is 159 Å². The van der Waals surface area contributed by atoms with Crippen molar-refractivity contribution < 1.29 is 14.8 Å². The number of hydrogen-bond donors (Lipinski definition) is 3. The second-order valence-electron chi connectivity index (χ2n) is 6.75. The molecule has 0 saturated carbocycles. The molecular weight excluding hydrogens is 350 g/mol. The third-order valence-electron chi connectivity index (χ3n) is 4.83. The van der Waals surface area contributed by atoms with Crippen LogP contribution in [0.3, 0.4) is 0 Å². The van der Waals surface area contributed by atoms with Crippen LogP contribution in [0.2, 0.25) is 5.02 Å². The minimum absolute atomic E-state index is 0.0449. The lowest BCUT2D eigenvalue weighted by atomic mass is 10.1. The first-order valence-corrected chi connectivity index (χ1v) is 9.32. The fraction of sp³-hybridized carbons (Fsp3) is 0.350. The predicted molar refractivity (Wildman–Crippen MR) is 104 cm³/mol. The molecule has 0 aliphatic carbocycles. The van der Waals surface area contributed by atoms with Crippen molar-refractivity contribution >= 4 is 23.2 Å². The van der Waals surface area contributed by atoms with Crippen LogP contribution in [-0.4, -0.2) is 43.7 Å². The number of rotatable bonds is 5. The van der Waals surface area contributed by atoms with Gasteiger partial charge in [0.1, 0.15) is 5.75 Å². The lowest BCUT2D eigenvalue weighted by Crippen LogP contribution is -3.15. The van der Waals surface area contributed by atoms with E-state index in [0.29, 0.717) is 17.3 Å². The highest BCUT2D eigenvalue weighted by Crippen LogP contribution is 2.26. The van der Waals surface area contributed by atoms with Crippen LogP contribution >= 0.6 is 11.6 Å². The zero-order valence-corrected chi connectivity index (χ0v) is 15.7. The van der Waals surface area contributed by atoms with Crippen molar-refractivity contribution in [3.05, 3.63) is 59.1 Å². The van der Waals surface area contributed by atoms with Crippen LogP contribution in [0.25, 0.3) is 0 Å². The van der Waals surface area contributed by atoms with Gasteiger partial charge in [-0.05, 0) is 36.8 Å². The van der Waals surface area contributed by atoms with Crippen molar-refractivity contribution in [2.45, 2.75) is 13.0 Å². The zero-order chi connectivity index (χ0) is 18.5. The molecule has 2 aromatic carbocycles. The minimum Gasteiger partial charge on any atom is -0.506 e. The number of piperazine rings is 1. The molecule has 6 heteroatoms. The van der Waals surface area contributed by atoms with Crippen LogP contribution in [0.4, 0.5) is 5.69 Å². The summed E-state index contributed by atoms with van der Waals surface area (Å²) >= 11 is 6.02. The molecule has 3 N–H and O–H groups in total. The Morgan fingerprint density at radius 2 is 1.96 bits per heavy atom. The van der Waals surface area contributed by atoms with Crippen LogP contribution in [0, 0.1) is 0 Å². The maximum atomic E-state index is 12.4. The fourth-order valence-electron chi connectivity index (χ4n) is 3.35. The average Bonchev–Trinajstić information content (AvgIpc) is 2.63. The first-order chi connectivity index (χ1) is 12.5. The second-order valence-corrected chi connectivity index (χ2v) is 7.18. The minimum atomic E-state index is -0.0665. The second kappa shape index (κ2) is 8.43. The van der Waals surface area contributed by atoms with Crippen LogP contribution in [0.1, 0.15) is 18.5 Å². The van der Waals surface area contributed by atoms with E-state index in [4.69, 9.17) is 11.6 Å². The van der Waals surface area contributed by atoms with Crippen molar-refractivity contribution in [3.63, 3.8) is 0 Å². The molecule has 2 aromatic rings. The molecule has 0 spiro atoms. The summed E-state index contributed by atoms with van der Waals surface area (Å²) in [5.74, 6) is 0.354. The molecule has 1 fully saturated rings. The number of benzene rings is 2. The monoisotopic (exact) mass is 374 g/mol. The molecule has 1 atom stereocenters. The summed E-state index contributed by atoms with van der Waals surface area (Å²) in [5, 5.41) is 13.7. The summed E-state index contributed by atoms with van der Waals surface area (Å²) in [6.07, 6.45) is 0. The molecule has 1 heterocycles. The Morgan fingerprint density at radius 1 is 1.23 bits per heavy atom. The molecule has 26 heavy (non-hydrogen) atoms. The number of phenols is 1. The lowest BCUT2D eigenvalue weighted by molar-refractivity contribution is -0.892. The van der Waals surface area contributed by atoms with Gasteiger partial charge in [0.2, 0.25) is 0 Å². The van der Waals surface area contributed by atoms with E-state index in [2.05, 4.69) is 10.2 Å². The van der Waals surface area contributed by atoms with E-state index >= 15 is 0 Å². The van der Waals surface area contributed by atoms with Crippen molar-refractivity contribution in [1.82, 2.24) is 5.32 Å². The molecule has 0 radical (unpaired) electrons. The molecule has 1 saturated heterocycles. The van der Waals surface area contributed by atoms with E-state index < -0.39 is 0 Å². The van der Waals surface area contributed by atoms with Gasteiger partial charge in [-0.2, -0.15) is 0 Å². The van der Waals surface area contributed by atoms with E-state index in [1.54, 1.807) is 6.07 Å². The first-order valence-electron chi connectivity index (χ1n) is 8.94. The molecule has 138 valence electrons. The summed E-state index contributed by atoms with van der Waals surface area (Å²) in [7, 11) is 0. The SMILES string of the molecule is C[C@H](NC(=O)C[NH+]1CCN(c2ccccc2O)CC1)c1cccc(Cl)c1. The van der Waals surface area contributed by atoms with Gasteiger partial charge in [0.15, 0.2) is 6.54 Å².